The molecule has 0 bridgehead atoms. The standard InChI is InChI=1S/C29H34ClN3O7S/c1-6-40-24-12-10-23(11-13-24)33(41(36,37)25-14-15-26(38-4)27(17-25)39-5)19-28(34)32(20(2)29(35)31-3)18-21-8-7-9-22(30)16-21/h7-17,20H,6,18-19H2,1-5H3,(H,31,35)/t20-/m0/s1. The molecule has 0 radical (unpaired) electrons. The van der Waals surface area contributed by atoms with Crippen LogP contribution in [-0.4, -0.2) is 65.6 Å². The molecule has 3 aromatic rings. The summed E-state index contributed by atoms with van der Waals surface area (Å²) in [5, 5.41) is 3.02. The molecule has 1 atom stereocenters. The van der Waals surface area contributed by atoms with Crippen LogP contribution in [0.3, 0.4) is 0 Å². The van der Waals surface area contributed by atoms with Crippen molar-refractivity contribution >= 4 is 39.1 Å². The van der Waals surface area contributed by atoms with Crippen LogP contribution in [0.5, 0.6) is 17.2 Å². The first-order valence-electron chi connectivity index (χ1n) is 12.8. The maximum Gasteiger partial charge on any atom is 0.264 e. The number of nitrogens with one attached hydrogen (secondary N) is 1. The number of benzene rings is 3. The quantitative estimate of drug-likeness (QED) is 0.313. The van der Waals surface area contributed by atoms with Crippen molar-refractivity contribution in [1.82, 2.24) is 10.2 Å². The van der Waals surface area contributed by atoms with Crippen LogP contribution in [0.4, 0.5) is 5.69 Å². The average Bonchev–Trinajstić information content (AvgIpc) is 2.98. The summed E-state index contributed by atoms with van der Waals surface area (Å²) in [6.07, 6.45) is 0. The van der Waals surface area contributed by atoms with Crippen LogP contribution in [-0.2, 0) is 26.2 Å². The van der Waals surface area contributed by atoms with Crippen molar-refractivity contribution in [2.24, 2.45) is 0 Å². The second kappa shape index (κ2) is 14.1. The predicted octanol–water partition coefficient (Wildman–Crippen LogP) is 4.11. The van der Waals surface area contributed by atoms with Gasteiger partial charge < -0.3 is 24.4 Å². The molecule has 2 amide bonds. The minimum absolute atomic E-state index is 0.0293. The number of likely N-dealkylation sites (N-methyl/N-ethyl adjacent to an activating group) is 1. The largest absolute Gasteiger partial charge is 0.494 e. The summed E-state index contributed by atoms with van der Waals surface area (Å²) in [7, 11) is 0.000385. The SMILES string of the molecule is CCOc1ccc(N(CC(=O)N(Cc2cccc(Cl)c2)[C@@H](C)C(=O)NC)S(=O)(=O)c2ccc(OC)c(OC)c2)cc1. The first-order chi connectivity index (χ1) is 19.5. The fraction of sp³-hybridized carbons (Fsp3) is 0.310. The summed E-state index contributed by atoms with van der Waals surface area (Å²) in [6, 6.07) is 16.5. The van der Waals surface area contributed by atoms with Gasteiger partial charge >= 0.3 is 0 Å². The van der Waals surface area contributed by atoms with Crippen LogP contribution in [0, 0.1) is 0 Å². The number of sulfonamides is 1. The molecule has 220 valence electrons. The van der Waals surface area contributed by atoms with Gasteiger partial charge in [-0.3, -0.25) is 13.9 Å². The number of rotatable bonds is 13. The number of methoxy groups -OCH3 is 2. The van der Waals surface area contributed by atoms with Crippen molar-refractivity contribution in [2.45, 2.75) is 31.3 Å². The zero-order chi connectivity index (χ0) is 30.2. The Kier molecular flexibility index (Phi) is 10.8. The van der Waals surface area contributed by atoms with Gasteiger partial charge in [-0.25, -0.2) is 8.42 Å². The highest BCUT2D eigenvalue weighted by Crippen LogP contribution is 2.33. The van der Waals surface area contributed by atoms with Crippen LogP contribution in [0.1, 0.15) is 19.4 Å². The molecule has 12 heteroatoms. The molecular weight excluding hydrogens is 570 g/mol. The van der Waals surface area contributed by atoms with E-state index in [0.717, 1.165) is 4.31 Å². The van der Waals surface area contributed by atoms with Gasteiger partial charge in [-0.2, -0.15) is 0 Å². The number of hydrogen-bond acceptors (Lipinski definition) is 7. The van der Waals surface area contributed by atoms with E-state index < -0.39 is 34.4 Å². The molecule has 0 heterocycles. The number of amides is 2. The minimum atomic E-state index is -4.31. The van der Waals surface area contributed by atoms with Gasteiger partial charge in [0, 0.05) is 24.7 Å². The summed E-state index contributed by atoms with van der Waals surface area (Å²) in [4.78, 5) is 27.7. The van der Waals surface area contributed by atoms with Gasteiger partial charge in [0.05, 0.1) is 31.4 Å². The molecule has 0 aliphatic heterocycles. The van der Waals surface area contributed by atoms with E-state index in [0.29, 0.717) is 28.7 Å². The average molecular weight is 604 g/mol. The van der Waals surface area contributed by atoms with Crippen molar-refractivity contribution in [3.63, 3.8) is 0 Å². The molecule has 1 N–H and O–H groups in total. The van der Waals surface area contributed by atoms with E-state index in [1.807, 2.05) is 6.92 Å². The molecule has 3 aromatic carbocycles. The van der Waals surface area contributed by atoms with Gasteiger partial charge in [-0.05, 0) is 67.9 Å². The number of halogens is 1. The van der Waals surface area contributed by atoms with Crippen molar-refractivity contribution in [1.29, 1.82) is 0 Å². The van der Waals surface area contributed by atoms with Crippen LogP contribution in [0.15, 0.2) is 71.6 Å². The summed E-state index contributed by atoms with van der Waals surface area (Å²) < 4.78 is 45.2. The highest BCUT2D eigenvalue weighted by molar-refractivity contribution is 7.92. The molecule has 0 unspecified atom stereocenters. The highest BCUT2D eigenvalue weighted by atomic mass is 35.5. The van der Waals surface area contributed by atoms with Crippen molar-refractivity contribution in [3.8, 4) is 17.2 Å². The normalized spacial score (nSPS) is 11.8. The predicted molar refractivity (Wildman–Crippen MR) is 157 cm³/mol. The molecule has 0 saturated heterocycles. The number of carbonyl (C=O) groups excluding carboxylic acids is 2. The van der Waals surface area contributed by atoms with Gasteiger partial charge in [-0.15, -0.1) is 0 Å². The topological polar surface area (TPSA) is 114 Å². The van der Waals surface area contributed by atoms with Crippen molar-refractivity contribution < 1.29 is 32.2 Å². The first-order valence-corrected chi connectivity index (χ1v) is 14.6. The van der Waals surface area contributed by atoms with Gasteiger partial charge in [0.25, 0.3) is 10.0 Å². The van der Waals surface area contributed by atoms with E-state index in [1.54, 1.807) is 55.5 Å². The van der Waals surface area contributed by atoms with Crippen LogP contribution in [0.2, 0.25) is 5.02 Å². The third-order valence-corrected chi connectivity index (χ3v) is 8.32. The van der Waals surface area contributed by atoms with E-state index in [9.17, 15) is 18.0 Å². The Labute approximate surface area is 245 Å². The zero-order valence-corrected chi connectivity index (χ0v) is 25.2. The Morgan fingerprint density at radius 1 is 0.976 bits per heavy atom. The summed E-state index contributed by atoms with van der Waals surface area (Å²) in [6.45, 7) is 3.28. The lowest BCUT2D eigenvalue weighted by atomic mass is 10.1. The van der Waals surface area contributed by atoms with Crippen LogP contribution >= 0.6 is 11.6 Å². The lowest BCUT2D eigenvalue weighted by Gasteiger charge is -2.32. The molecular formula is C29H34ClN3O7S. The van der Waals surface area contributed by atoms with Crippen molar-refractivity contribution in [2.75, 3.05) is 38.7 Å². The van der Waals surface area contributed by atoms with E-state index in [-0.39, 0.29) is 22.9 Å². The smallest absolute Gasteiger partial charge is 0.264 e. The van der Waals surface area contributed by atoms with Crippen LogP contribution < -0.4 is 23.8 Å². The second-order valence-electron chi connectivity index (χ2n) is 8.90. The highest BCUT2D eigenvalue weighted by Gasteiger charge is 2.33. The molecule has 0 saturated carbocycles. The molecule has 0 spiro atoms. The lowest BCUT2D eigenvalue weighted by molar-refractivity contribution is -0.139. The molecule has 41 heavy (non-hydrogen) atoms. The van der Waals surface area contributed by atoms with Gasteiger partial charge in [0.2, 0.25) is 11.8 Å². The van der Waals surface area contributed by atoms with Crippen molar-refractivity contribution in [3.05, 3.63) is 77.3 Å². The Balaban J connectivity index is 2.08. The first kappa shape index (κ1) is 31.6. The molecule has 3 rings (SSSR count). The Morgan fingerprint density at radius 2 is 1.66 bits per heavy atom. The fourth-order valence-electron chi connectivity index (χ4n) is 4.13. The maximum atomic E-state index is 14.1. The Bertz CT molecular complexity index is 1470. The van der Waals surface area contributed by atoms with Gasteiger partial charge in [0.1, 0.15) is 18.3 Å². The van der Waals surface area contributed by atoms with E-state index in [2.05, 4.69) is 5.32 Å². The van der Waals surface area contributed by atoms with Gasteiger partial charge in [-0.1, -0.05) is 23.7 Å². The van der Waals surface area contributed by atoms with Crippen LogP contribution in [0.25, 0.3) is 0 Å². The van der Waals surface area contributed by atoms with E-state index in [4.69, 9.17) is 25.8 Å². The number of nitrogens with zero attached hydrogens (tertiary/aromatic N) is 2. The number of ether oxygens (including phenoxy) is 3. The van der Waals surface area contributed by atoms with E-state index >= 15 is 0 Å². The maximum absolute atomic E-state index is 14.1. The lowest BCUT2D eigenvalue weighted by Crippen LogP contribution is -2.50. The number of anilines is 1. The number of hydrogen-bond donors (Lipinski definition) is 1. The zero-order valence-electron chi connectivity index (χ0n) is 23.6. The third kappa shape index (κ3) is 7.62. The molecule has 0 aromatic heterocycles. The fourth-order valence-corrected chi connectivity index (χ4v) is 5.77. The summed E-state index contributed by atoms with van der Waals surface area (Å²) >= 11 is 6.15. The third-order valence-electron chi connectivity index (χ3n) is 6.31. The minimum Gasteiger partial charge on any atom is -0.494 e. The van der Waals surface area contributed by atoms with Gasteiger partial charge in [0.15, 0.2) is 11.5 Å². The van der Waals surface area contributed by atoms with E-state index in [1.165, 1.54) is 44.4 Å². The second-order valence-corrected chi connectivity index (χ2v) is 11.2. The molecule has 0 fully saturated rings. The Morgan fingerprint density at radius 3 is 2.24 bits per heavy atom. The molecule has 10 nitrogen and oxygen atoms in total. The summed E-state index contributed by atoms with van der Waals surface area (Å²) in [5.74, 6) is 0.0984. The number of carbonyl (C=O) groups is 2. The molecule has 0 aliphatic carbocycles. The summed E-state index contributed by atoms with van der Waals surface area (Å²) in [5.41, 5.74) is 0.906. The Hall–Kier alpha value is -3.96. The monoisotopic (exact) mass is 603 g/mol. The molecule has 0 aliphatic rings.